The molecule has 0 atom stereocenters. The van der Waals surface area contributed by atoms with Gasteiger partial charge >= 0.3 is 0 Å². The summed E-state index contributed by atoms with van der Waals surface area (Å²) in [6.45, 7) is 7.87. The minimum atomic E-state index is 0.781. The molecule has 90 valence electrons. The highest BCUT2D eigenvalue weighted by atomic mass is 15.0. The van der Waals surface area contributed by atoms with Crippen molar-refractivity contribution in [3.63, 3.8) is 0 Å². The molecule has 0 radical (unpaired) electrons. The van der Waals surface area contributed by atoms with Crippen LogP contribution in [0.25, 0.3) is 0 Å². The van der Waals surface area contributed by atoms with Crippen LogP contribution < -0.4 is 5.32 Å². The number of benzene rings is 1. The summed E-state index contributed by atoms with van der Waals surface area (Å²) in [4.78, 5) is 7.72. The minimum Gasteiger partial charge on any atom is -0.345 e. The van der Waals surface area contributed by atoms with Crippen LogP contribution in [0.2, 0.25) is 0 Å². The van der Waals surface area contributed by atoms with Crippen LogP contribution in [0.3, 0.4) is 0 Å². The van der Waals surface area contributed by atoms with E-state index in [0.29, 0.717) is 0 Å². The maximum Gasteiger partial charge on any atom is 0.120 e. The first-order chi connectivity index (χ1) is 8.16. The lowest BCUT2D eigenvalue weighted by molar-refractivity contribution is 0.665. The molecule has 1 heterocycles. The fraction of sp³-hybridized carbons (Fsp3) is 0.357. The van der Waals surface area contributed by atoms with Crippen molar-refractivity contribution in [3.05, 3.63) is 52.6 Å². The van der Waals surface area contributed by atoms with E-state index in [2.05, 4.69) is 46.5 Å². The molecule has 3 heteroatoms. The summed E-state index contributed by atoms with van der Waals surface area (Å²) in [5.74, 6) is 1.01. The van der Waals surface area contributed by atoms with Crippen molar-refractivity contribution in [2.24, 2.45) is 0 Å². The first-order valence-electron chi connectivity index (χ1n) is 5.94. The van der Waals surface area contributed by atoms with Crippen LogP contribution >= 0.6 is 0 Å². The van der Waals surface area contributed by atoms with Gasteiger partial charge in [-0.05, 0) is 31.9 Å². The van der Waals surface area contributed by atoms with Gasteiger partial charge in [0.05, 0.1) is 12.2 Å². The molecule has 3 nitrogen and oxygen atoms in total. The van der Waals surface area contributed by atoms with E-state index in [1.54, 1.807) is 0 Å². The SMILES string of the molecule is Cc1ccccc1CNCc1nc(C)c(C)[nH]1. The molecular formula is C14H19N3. The number of hydrogen-bond donors (Lipinski definition) is 2. The van der Waals surface area contributed by atoms with Crippen LogP contribution in [0.1, 0.15) is 28.3 Å². The molecule has 1 aromatic carbocycles. The lowest BCUT2D eigenvalue weighted by atomic mass is 10.1. The fourth-order valence-corrected chi connectivity index (χ4v) is 1.83. The van der Waals surface area contributed by atoms with Gasteiger partial charge in [-0.25, -0.2) is 4.98 Å². The molecule has 0 aliphatic rings. The van der Waals surface area contributed by atoms with Gasteiger partial charge in [-0.3, -0.25) is 0 Å². The molecule has 2 aromatic rings. The number of H-pyrrole nitrogens is 1. The lowest BCUT2D eigenvalue weighted by Gasteiger charge is -2.06. The quantitative estimate of drug-likeness (QED) is 0.846. The Bertz CT molecular complexity index is 480. The van der Waals surface area contributed by atoms with E-state index in [9.17, 15) is 0 Å². The zero-order valence-electron chi connectivity index (χ0n) is 10.7. The van der Waals surface area contributed by atoms with Gasteiger partial charge in [0.2, 0.25) is 0 Å². The molecule has 2 rings (SSSR count). The Morgan fingerprint density at radius 1 is 1.12 bits per heavy atom. The molecule has 2 N–H and O–H groups in total. The van der Waals surface area contributed by atoms with Crippen molar-refractivity contribution in [1.29, 1.82) is 0 Å². The predicted molar refractivity (Wildman–Crippen MR) is 69.8 cm³/mol. The van der Waals surface area contributed by atoms with E-state index in [1.165, 1.54) is 11.1 Å². The molecule has 0 aliphatic carbocycles. The van der Waals surface area contributed by atoms with Crippen molar-refractivity contribution < 1.29 is 0 Å². The minimum absolute atomic E-state index is 0.781. The van der Waals surface area contributed by atoms with Crippen LogP contribution in [-0.4, -0.2) is 9.97 Å². The zero-order chi connectivity index (χ0) is 12.3. The number of hydrogen-bond acceptors (Lipinski definition) is 2. The predicted octanol–water partition coefficient (Wildman–Crippen LogP) is 2.62. The van der Waals surface area contributed by atoms with Gasteiger partial charge in [0, 0.05) is 12.2 Å². The number of rotatable bonds is 4. The van der Waals surface area contributed by atoms with Crippen LogP contribution in [-0.2, 0) is 13.1 Å². The molecule has 0 aliphatic heterocycles. The van der Waals surface area contributed by atoms with Gasteiger partial charge in [0.1, 0.15) is 5.82 Å². The molecule has 1 aromatic heterocycles. The van der Waals surface area contributed by atoms with E-state index >= 15 is 0 Å². The van der Waals surface area contributed by atoms with Crippen molar-refractivity contribution in [2.75, 3.05) is 0 Å². The second-order valence-electron chi connectivity index (χ2n) is 4.42. The Kier molecular flexibility index (Phi) is 3.59. The second-order valence-corrected chi connectivity index (χ2v) is 4.42. The maximum atomic E-state index is 4.45. The van der Waals surface area contributed by atoms with Crippen LogP contribution in [0, 0.1) is 20.8 Å². The third kappa shape index (κ3) is 2.94. The summed E-state index contributed by atoms with van der Waals surface area (Å²) in [6.07, 6.45) is 0. The van der Waals surface area contributed by atoms with Crippen LogP contribution in [0.4, 0.5) is 0 Å². The normalized spacial score (nSPS) is 10.8. The highest BCUT2D eigenvalue weighted by molar-refractivity contribution is 5.25. The van der Waals surface area contributed by atoms with Gasteiger partial charge in [-0.15, -0.1) is 0 Å². The zero-order valence-corrected chi connectivity index (χ0v) is 10.7. The number of aromatic nitrogens is 2. The topological polar surface area (TPSA) is 40.7 Å². The summed E-state index contributed by atoms with van der Waals surface area (Å²) in [5, 5.41) is 3.41. The molecule has 0 saturated carbocycles. The molecular weight excluding hydrogens is 210 g/mol. The standard InChI is InChI=1S/C14H19N3/c1-10-6-4-5-7-13(10)8-15-9-14-16-11(2)12(3)17-14/h4-7,15H,8-9H2,1-3H3,(H,16,17). The highest BCUT2D eigenvalue weighted by Gasteiger charge is 2.02. The third-order valence-electron chi connectivity index (χ3n) is 3.05. The number of aryl methyl sites for hydroxylation is 3. The Hall–Kier alpha value is -1.61. The number of imidazole rings is 1. The van der Waals surface area contributed by atoms with Crippen molar-refractivity contribution in [1.82, 2.24) is 15.3 Å². The first-order valence-corrected chi connectivity index (χ1v) is 5.94. The number of nitrogens with zero attached hydrogens (tertiary/aromatic N) is 1. The van der Waals surface area contributed by atoms with Crippen LogP contribution in [0.5, 0.6) is 0 Å². The Morgan fingerprint density at radius 3 is 2.53 bits per heavy atom. The first kappa shape index (κ1) is 11.9. The monoisotopic (exact) mass is 229 g/mol. The van der Waals surface area contributed by atoms with E-state index in [-0.39, 0.29) is 0 Å². The molecule has 0 bridgehead atoms. The van der Waals surface area contributed by atoms with Gasteiger partial charge in [-0.2, -0.15) is 0 Å². The van der Waals surface area contributed by atoms with E-state index in [0.717, 1.165) is 30.3 Å². The summed E-state index contributed by atoms with van der Waals surface area (Å²) >= 11 is 0. The molecule has 0 saturated heterocycles. The Balaban J connectivity index is 1.90. The molecule has 0 amide bonds. The summed E-state index contributed by atoms with van der Waals surface area (Å²) in [5.41, 5.74) is 4.90. The van der Waals surface area contributed by atoms with Gasteiger partial charge in [0.25, 0.3) is 0 Å². The van der Waals surface area contributed by atoms with Crippen molar-refractivity contribution in [3.8, 4) is 0 Å². The number of aromatic amines is 1. The number of nitrogens with one attached hydrogen (secondary N) is 2. The summed E-state index contributed by atoms with van der Waals surface area (Å²) in [7, 11) is 0. The second kappa shape index (κ2) is 5.15. The largest absolute Gasteiger partial charge is 0.345 e. The molecule has 0 spiro atoms. The van der Waals surface area contributed by atoms with Crippen molar-refractivity contribution >= 4 is 0 Å². The smallest absolute Gasteiger partial charge is 0.120 e. The lowest BCUT2D eigenvalue weighted by Crippen LogP contribution is -2.14. The van der Waals surface area contributed by atoms with Gasteiger partial charge in [-0.1, -0.05) is 24.3 Å². The average molecular weight is 229 g/mol. The fourth-order valence-electron chi connectivity index (χ4n) is 1.83. The average Bonchev–Trinajstić information content (AvgIpc) is 2.61. The highest BCUT2D eigenvalue weighted by Crippen LogP contribution is 2.07. The molecule has 0 fully saturated rings. The van der Waals surface area contributed by atoms with Crippen LogP contribution in [0.15, 0.2) is 24.3 Å². The maximum absolute atomic E-state index is 4.45. The van der Waals surface area contributed by atoms with E-state index < -0.39 is 0 Å². The molecule has 17 heavy (non-hydrogen) atoms. The Morgan fingerprint density at radius 2 is 1.88 bits per heavy atom. The van der Waals surface area contributed by atoms with Gasteiger partial charge < -0.3 is 10.3 Å². The third-order valence-corrected chi connectivity index (χ3v) is 3.05. The molecule has 0 unspecified atom stereocenters. The van der Waals surface area contributed by atoms with Crippen molar-refractivity contribution in [2.45, 2.75) is 33.9 Å². The summed E-state index contributed by atoms with van der Waals surface area (Å²) in [6, 6.07) is 8.43. The summed E-state index contributed by atoms with van der Waals surface area (Å²) < 4.78 is 0. The van der Waals surface area contributed by atoms with E-state index in [4.69, 9.17) is 0 Å². The van der Waals surface area contributed by atoms with Gasteiger partial charge in [0.15, 0.2) is 0 Å². The van der Waals surface area contributed by atoms with E-state index in [1.807, 2.05) is 13.8 Å². The Labute approximate surface area is 102 Å².